The molecule has 5 heteroatoms. The van der Waals surface area contributed by atoms with Crippen molar-refractivity contribution < 1.29 is 9.59 Å². The summed E-state index contributed by atoms with van der Waals surface area (Å²) >= 11 is 0. The zero-order valence-corrected chi connectivity index (χ0v) is 10.5. The number of ketones is 1. The Hall–Kier alpha value is -1.65. The maximum absolute atomic E-state index is 12.3. The Morgan fingerprint density at radius 1 is 1.24 bits per heavy atom. The molecule has 0 aliphatic carbocycles. The number of amides is 1. The van der Waals surface area contributed by atoms with E-state index in [1.807, 2.05) is 20.9 Å². The minimum absolute atomic E-state index is 0.000556. The van der Waals surface area contributed by atoms with Gasteiger partial charge in [0.25, 0.3) is 5.91 Å². The number of likely N-dealkylation sites (tertiary alicyclic amines) is 1. The Balaban J connectivity index is 2.22. The molecule has 0 atom stereocenters. The highest BCUT2D eigenvalue weighted by Gasteiger charge is 2.26. The average molecular weight is 235 g/mol. The van der Waals surface area contributed by atoms with Gasteiger partial charge in [-0.25, -0.2) is 0 Å². The molecule has 1 aliphatic heterocycles. The van der Waals surface area contributed by atoms with Crippen LogP contribution in [0.15, 0.2) is 0 Å². The molecular formula is C12H17N3O2. The Morgan fingerprint density at radius 2 is 1.82 bits per heavy atom. The maximum Gasteiger partial charge on any atom is 0.257 e. The van der Waals surface area contributed by atoms with Gasteiger partial charge in [-0.2, -0.15) is 5.10 Å². The molecule has 0 aromatic carbocycles. The number of aromatic nitrogens is 2. The number of aryl methyl sites for hydroxylation is 2. The largest absolute Gasteiger partial charge is 0.338 e. The van der Waals surface area contributed by atoms with Gasteiger partial charge in [-0.05, 0) is 13.8 Å². The number of carbonyl (C=O) groups is 2. The summed E-state index contributed by atoms with van der Waals surface area (Å²) in [6.07, 6.45) is 0.953. The van der Waals surface area contributed by atoms with Crippen LogP contribution < -0.4 is 0 Å². The first kappa shape index (κ1) is 11.8. The van der Waals surface area contributed by atoms with Crippen molar-refractivity contribution in [1.29, 1.82) is 0 Å². The van der Waals surface area contributed by atoms with Gasteiger partial charge in [-0.3, -0.25) is 14.3 Å². The van der Waals surface area contributed by atoms with Gasteiger partial charge >= 0.3 is 0 Å². The molecule has 0 radical (unpaired) electrons. The third-order valence-electron chi connectivity index (χ3n) is 3.33. The standard InChI is InChI=1S/C12H17N3O2/c1-8-11(9(2)14(3)13-8)12(17)15-6-4-10(16)5-7-15/h4-7H2,1-3H3. The van der Waals surface area contributed by atoms with Gasteiger partial charge < -0.3 is 4.90 Å². The lowest BCUT2D eigenvalue weighted by Gasteiger charge is -2.26. The summed E-state index contributed by atoms with van der Waals surface area (Å²) in [6.45, 7) is 4.80. The van der Waals surface area contributed by atoms with Gasteiger partial charge in [0.05, 0.1) is 11.3 Å². The summed E-state index contributed by atoms with van der Waals surface area (Å²) in [5.41, 5.74) is 2.32. The molecule has 1 amide bonds. The molecule has 2 heterocycles. The monoisotopic (exact) mass is 235 g/mol. The number of nitrogens with zero attached hydrogens (tertiary/aromatic N) is 3. The molecule has 92 valence electrons. The van der Waals surface area contributed by atoms with E-state index in [2.05, 4.69) is 5.10 Å². The van der Waals surface area contributed by atoms with E-state index in [1.54, 1.807) is 9.58 Å². The summed E-state index contributed by atoms with van der Waals surface area (Å²) in [5.74, 6) is 0.245. The summed E-state index contributed by atoms with van der Waals surface area (Å²) in [6, 6.07) is 0. The first-order chi connectivity index (χ1) is 8.00. The molecule has 0 N–H and O–H groups in total. The van der Waals surface area contributed by atoms with Crippen LogP contribution in [0.1, 0.15) is 34.6 Å². The number of Topliss-reactive ketones (excluding diaryl/α,β-unsaturated/α-hetero) is 1. The van der Waals surface area contributed by atoms with Crippen LogP contribution in [0.3, 0.4) is 0 Å². The third-order valence-corrected chi connectivity index (χ3v) is 3.33. The van der Waals surface area contributed by atoms with Crippen molar-refractivity contribution in [2.24, 2.45) is 7.05 Å². The van der Waals surface area contributed by atoms with Gasteiger partial charge in [0.15, 0.2) is 0 Å². The molecule has 5 nitrogen and oxygen atoms in total. The van der Waals surface area contributed by atoms with Crippen LogP contribution in [0.5, 0.6) is 0 Å². The van der Waals surface area contributed by atoms with Crippen molar-refractivity contribution in [2.45, 2.75) is 26.7 Å². The molecule has 0 unspecified atom stereocenters. The lowest BCUT2D eigenvalue weighted by molar-refractivity contribution is -0.120. The van der Waals surface area contributed by atoms with Crippen molar-refractivity contribution in [3.8, 4) is 0 Å². The number of rotatable bonds is 1. The quantitative estimate of drug-likeness (QED) is 0.725. The van der Waals surface area contributed by atoms with E-state index in [9.17, 15) is 9.59 Å². The maximum atomic E-state index is 12.3. The first-order valence-corrected chi connectivity index (χ1v) is 5.82. The second-order valence-corrected chi connectivity index (χ2v) is 4.50. The zero-order valence-electron chi connectivity index (χ0n) is 10.5. The van der Waals surface area contributed by atoms with Crippen LogP contribution in [-0.2, 0) is 11.8 Å². The van der Waals surface area contributed by atoms with Crippen LogP contribution in [0.25, 0.3) is 0 Å². The highest BCUT2D eigenvalue weighted by atomic mass is 16.2. The number of hydrogen-bond donors (Lipinski definition) is 0. The average Bonchev–Trinajstić information content (AvgIpc) is 2.53. The Kier molecular flexibility index (Phi) is 3.00. The number of carbonyl (C=O) groups excluding carboxylic acids is 2. The molecule has 0 saturated carbocycles. The lowest BCUT2D eigenvalue weighted by atomic mass is 10.1. The van der Waals surface area contributed by atoms with E-state index < -0.39 is 0 Å². The predicted molar refractivity (Wildman–Crippen MR) is 62.8 cm³/mol. The minimum Gasteiger partial charge on any atom is -0.338 e. The molecule has 17 heavy (non-hydrogen) atoms. The van der Waals surface area contributed by atoms with Crippen molar-refractivity contribution in [2.75, 3.05) is 13.1 Å². The third kappa shape index (κ3) is 2.09. The summed E-state index contributed by atoms with van der Waals surface area (Å²) in [5, 5.41) is 4.24. The molecule has 2 rings (SSSR count). The van der Waals surface area contributed by atoms with Crippen LogP contribution in [-0.4, -0.2) is 39.5 Å². The van der Waals surface area contributed by atoms with Gasteiger partial charge in [0, 0.05) is 38.7 Å². The van der Waals surface area contributed by atoms with E-state index in [0.717, 1.165) is 11.4 Å². The normalized spacial score (nSPS) is 16.4. The van der Waals surface area contributed by atoms with E-state index in [-0.39, 0.29) is 11.7 Å². The molecule has 1 saturated heterocycles. The Morgan fingerprint density at radius 3 is 2.29 bits per heavy atom. The lowest BCUT2D eigenvalue weighted by Crippen LogP contribution is -2.39. The van der Waals surface area contributed by atoms with E-state index in [4.69, 9.17) is 0 Å². The molecular weight excluding hydrogens is 218 g/mol. The second kappa shape index (κ2) is 4.31. The minimum atomic E-state index is 0.000556. The van der Waals surface area contributed by atoms with E-state index in [1.165, 1.54) is 0 Å². The Labute approximate surface area is 100 Å². The highest BCUT2D eigenvalue weighted by Crippen LogP contribution is 2.17. The fraction of sp³-hybridized carbons (Fsp3) is 0.583. The molecule has 1 aromatic heterocycles. The van der Waals surface area contributed by atoms with Crippen LogP contribution >= 0.6 is 0 Å². The van der Waals surface area contributed by atoms with Crippen LogP contribution in [0.4, 0.5) is 0 Å². The van der Waals surface area contributed by atoms with Crippen LogP contribution in [0, 0.1) is 13.8 Å². The topological polar surface area (TPSA) is 55.2 Å². The molecule has 0 spiro atoms. The summed E-state index contributed by atoms with van der Waals surface area (Å²) in [7, 11) is 1.83. The van der Waals surface area contributed by atoms with Crippen molar-refractivity contribution >= 4 is 11.7 Å². The predicted octanol–water partition coefficient (Wildman–Crippen LogP) is 0.842. The highest BCUT2D eigenvalue weighted by molar-refractivity contribution is 5.97. The fourth-order valence-corrected chi connectivity index (χ4v) is 2.20. The molecule has 0 bridgehead atoms. The number of hydrogen-bond acceptors (Lipinski definition) is 3. The fourth-order valence-electron chi connectivity index (χ4n) is 2.20. The summed E-state index contributed by atoms with van der Waals surface area (Å²) < 4.78 is 1.72. The number of piperidine rings is 1. The molecule has 1 aliphatic rings. The van der Waals surface area contributed by atoms with E-state index >= 15 is 0 Å². The van der Waals surface area contributed by atoms with Gasteiger partial charge in [-0.15, -0.1) is 0 Å². The smallest absolute Gasteiger partial charge is 0.257 e. The molecule has 1 aromatic rings. The van der Waals surface area contributed by atoms with E-state index in [0.29, 0.717) is 31.5 Å². The van der Waals surface area contributed by atoms with Gasteiger partial charge in [-0.1, -0.05) is 0 Å². The molecule has 1 fully saturated rings. The Bertz CT molecular complexity index is 466. The van der Waals surface area contributed by atoms with Crippen molar-refractivity contribution in [1.82, 2.24) is 14.7 Å². The SMILES string of the molecule is Cc1nn(C)c(C)c1C(=O)N1CCC(=O)CC1. The first-order valence-electron chi connectivity index (χ1n) is 5.82. The second-order valence-electron chi connectivity index (χ2n) is 4.50. The van der Waals surface area contributed by atoms with Crippen molar-refractivity contribution in [3.63, 3.8) is 0 Å². The van der Waals surface area contributed by atoms with Gasteiger partial charge in [0.2, 0.25) is 0 Å². The van der Waals surface area contributed by atoms with Gasteiger partial charge in [0.1, 0.15) is 5.78 Å². The van der Waals surface area contributed by atoms with Crippen LogP contribution in [0.2, 0.25) is 0 Å². The zero-order chi connectivity index (χ0) is 12.6. The summed E-state index contributed by atoms with van der Waals surface area (Å²) in [4.78, 5) is 25.2. The van der Waals surface area contributed by atoms with Crippen molar-refractivity contribution in [3.05, 3.63) is 17.0 Å².